The summed E-state index contributed by atoms with van der Waals surface area (Å²) in [5.41, 5.74) is 0.390. The Kier molecular flexibility index (Phi) is 6.76. The molecule has 0 saturated heterocycles. The number of para-hydroxylation sites is 1. The molecule has 0 bridgehead atoms. The minimum atomic E-state index is -0.570. The maximum absolute atomic E-state index is 13.3. The lowest BCUT2D eigenvalue weighted by Gasteiger charge is -2.30. The van der Waals surface area contributed by atoms with Gasteiger partial charge in [0.25, 0.3) is 17.2 Å². The monoisotopic (exact) mass is 424 g/mol. The van der Waals surface area contributed by atoms with E-state index in [0.29, 0.717) is 23.3 Å². The van der Waals surface area contributed by atoms with E-state index < -0.39 is 16.9 Å². The molecule has 9 nitrogen and oxygen atoms in total. The largest absolute Gasteiger partial charge is 0.383 e. The van der Waals surface area contributed by atoms with Gasteiger partial charge < -0.3 is 9.64 Å². The Bertz CT molecular complexity index is 1170. The Balaban J connectivity index is 2.09. The predicted molar refractivity (Wildman–Crippen MR) is 116 cm³/mol. The number of benzene rings is 2. The first-order valence-corrected chi connectivity index (χ1v) is 9.92. The third-order valence-electron chi connectivity index (χ3n) is 5.15. The number of nitro groups is 1. The molecular formula is C22H24N4O5. The lowest BCUT2D eigenvalue weighted by atomic mass is 10.1. The van der Waals surface area contributed by atoms with Gasteiger partial charge in [-0.1, -0.05) is 18.2 Å². The zero-order valence-electron chi connectivity index (χ0n) is 17.6. The lowest BCUT2D eigenvalue weighted by molar-refractivity contribution is -0.384. The average Bonchev–Trinajstić information content (AvgIpc) is 2.79. The molecule has 1 amide bonds. The van der Waals surface area contributed by atoms with Crippen LogP contribution in [-0.4, -0.2) is 45.5 Å². The number of hydrogen-bond acceptors (Lipinski definition) is 6. The molecule has 0 aliphatic heterocycles. The molecular weight excluding hydrogens is 400 g/mol. The van der Waals surface area contributed by atoms with E-state index in [9.17, 15) is 19.7 Å². The van der Waals surface area contributed by atoms with Gasteiger partial charge in [-0.2, -0.15) is 0 Å². The first-order chi connectivity index (χ1) is 14.9. The number of nitro benzene ring substituents is 1. The summed E-state index contributed by atoms with van der Waals surface area (Å²) >= 11 is 0. The SMILES string of the molecule is CCn1c(C(C)N(CCOC)C(=O)c2cccc([N+](=O)[O-])c2)nc2ccccc2c1=O. The van der Waals surface area contributed by atoms with Gasteiger partial charge in [-0.15, -0.1) is 0 Å². The number of hydrogen-bond donors (Lipinski definition) is 0. The van der Waals surface area contributed by atoms with Crippen molar-refractivity contribution >= 4 is 22.5 Å². The van der Waals surface area contributed by atoms with Gasteiger partial charge in [-0.25, -0.2) is 4.98 Å². The fraction of sp³-hybridized carbons (Fsp3) is 0.318. The number of non-ortho nitro benzene ring substituents is 1. The number of rotatable bonds is 8. The Morgan fingerprint density at radius 3 is 2.68 bits per heavy atom. The van der Waals surface area contributed by atoms with Gasteiger partial charge in [0, 0.05) is 37.9 Å². The third-order valence-corrected chi connectivity index (χ3v) is 5.15. The minimum absolute atomic E-state index is 0.167. The molecule has 0 saturated carbocycles. The number of nitrogens with zero attached hydrogens (tertiary/aromatic N) is 4. The topological polar surface area (TPSA) is 108 Å². The second-order valence-electron chi connectivity index (χ2n) is 7.01. The highest BCUT2D eigenvalue weighted by molar-refractivity contribution is 5.95. The van der Waals surface area contributed by atoms with Gasteiger partial charge in [-0.05, 0) is 32.0 Å². The highest BCUT2D eigenvalue weighted by atomic mass is 16.6. The number of carbonyl (C=O) groups excluding carboxylic acids is 1. The van der Waals surface area contributed by atoms with Crippen LogP contribution < -0.4 is 5.56 Å². The molecule has 3 rings (SSSR count). The number of amides is 1. The zero-order chi connectivity index (χ0) is 22.5. The molecule has 0 aliphatic rings. The van der Waals surface area contributed by atoms with Crippen LogP contribution >= 0.6 is 0 Å². The van der Waals surface area contributed by atoms with Crippen molar-refractivity contribution in [2.45, 2.75) is 26.4 Å². The van der Waals surface area contributed by atoms with Gasteiger partial charge in [0.15, 0.2) is 0 Å². The maximum atomic E-state index is 13.3. The van der Waals surface area contributed by atoms with Crippen LogP contribution in [0.5, 0.6) is 0 Å². The van der Waals surface area contributed by atoms with Crippen molar-refractivity contribution < 1.29 is 14.5 Å². The highest BCUT2D eigenvalue weighted by Crippen LogP contribution is 2.23. The quantitative estimate of drug-likeness (QED) is 0.406. The molecule has 0 fully saturated rings. The van der Waals surface area contributed by atoms with E-state index >= 15 is 0 Å². The molecule has 0 aliphatic carbocycles. The van der Waals surface area contributed by atoms with Crippen LogP contribution in [0.15, 0.2) is 53.3 Å². The smallest absolute Gasteiger partial charge is 0.270 e. The van der Waals surface area contributed by atoms with Crippen molar-refractivity contribution in [3.8, 4) is 0 Å². The van der Waals surface area contributed by atoms with Gasteiger partial charge in [-0.3, -0.25) is 24.3 Å². The Morgan fingerprint density at radius 1 is 1.26 bits per heavy atom. The summed E-state index contributed by atoms with van der Waals surface area (Å²) in [5, 5.41) is 11.6. The van der Waals surface area contributed by atoms with Crippen LogP contribution in [-0.2, 0) is 11.3 Å². The fourth-order valence-electron chi connectivity index (χ4n) is 3.53. The minimum Gasteiger partial charge on any atom is -0.383 e. The van der Waals surface area contributed by atoms with Crippen molar-refractivity contribution in [2.75, 3.05) is 20.3 Å². The summed E-state index contributed by atoms with van der Waals surface area (Å²) in [5.74, 6) is 0.0411. The molecule has 162 valence electrons. The van der Waals surface area contributed by atoms with Crippen molar-refractivity contribution in [3.05, 3.63) is 80.4 Å². The molecule has 1 aromatic heterocycles. The Morgan fingerprint density at radius 2 is 2.00 bits per heavy atom. The molecule has 9 heteroatoms. The Labute approximate surface area is 179 Å². The van der Waals surface area contributed by atoms with Gasteiger partial charge in [0.05, 0.1) is 28.5 Å². The van der Waals surface area contributed by atoms with E-state index in [4.69, 9.17) is 4.74 Å². The molecule has 2 aromatic carbocycles. The number of methoxy groups -OCH3 is 1. The fourth-order valence-corrected chi connectivity index (χ4v) is 3.53. The normalized spacial score (nSPS) is 12.0. The number of aromatic nitrogens is 2. The third kappa shape index (κ3) is 4.46. The average molecular weight is 424 g/mol. The molecule has 0 N–H and O–H groups in total. The summed E-state index contributed by atoms with van der Waals surface area (Å²) in [7, 11) is 1.52. The molecule has 3 aromatic rings. The van der Waals surface area contributed by atoms with Crippen molar-refractivity contribution in [3.63, 3.8) is 0 Å². The second-order valence-corrected chi connectivity index (χ2v) is 7.01. The van der Waals surface area contributed by atoms with Gasteiger partial charge >= 0.3 is 0 Å². The van der Waals surface area contributed by atoms with Crippen molar-refractivity contribution in [2.24, 2.45) is 0 Å². The molecule has 1 unspecified atom stereocenters. The summed E-state index contributed by atoms with van der Waals surface area (Å²) in [6.07, 6.45) is 0. The van der Waals surface area contributed by atoms with Crippen LogP contribution in [0.25, 0.3) is 10.9 Å². The van der Waals surface area contributed by atoms with Crippen LogP contribution in [0.3, 0.4) is 0 Å². The van der Waals surface area contributed by atoms with Crippen LogP contribution in [0.4, 0.5) is 5.69 Å². The second kappa shape index (κ2) is 9.48. The van der Waals surface area contributed by atoms with E-state index in [2.05, 4.69) is 4.98 Å². The predicted octanol–water partition coefficient (Wildman–Crippen LogP) is 3.17. The number of carbonyl (C=O) groups is 1. The molecule has 0 radical (unpaired) electrons. The number of fused-ring (bicyclic) bond motifs is 1. The van der Waals surface area contributed by atoms with Crippen LogP contribution in [0.2, 0.25) is 0 Å². The van der Waals surface area contributed by atoms with Crippen LogP contribution in [0, 0.1) is 10.1 Å². The highest BCUT2D eigenvalue weighted by Gasteiger charge is 2.27. The molecule has 31 heavy (non-hydrogen) atoms. The summed E-state index contributed by atoms with van der Waals surface area (Å²) in [4.78, 5) is 43.1. The molecule has 1 atom stereocenters. The van der Waals surface area contributed by atoms with Crippen molar-refractivity contribution in [1.82, 2.24) is 14.5 Å². The standard InChI is InChI=1S/C22H24N4O5/c1-4-24-20(23-19-11-6-5-10-18(19)22(24)28)15(2)25(12-13-31-3)21(27)16-8-7-9-17(14-16)26(29)30/h5-11,14-15H,4,12-13H2,1-3H3. The van der Waals surface area contributed by atoms with E-state index in [-0.39, 0.29) is 30.0 Å². The van der Waals surface area contributed by atoms with E-state index in [0.717, 1.165) is 0 Å². The number of ether oxygens (including phenoxy) is 1. The zero-order valence-corrected chi connectivity index (χ0v) is 17.6. The maximum Gasteiger partial charge on any atom is 0.270 e. The van der Waals surface area contributed by atoms with Crippen molar-refractivity contribution in [1.29, 1.82) is 0 Å². The molecule has 0 spiro atoms. The summed E-state index contributed by atoms with van der Waals surface area (Å²) in [6.45, 7) is 4.50. The van der Waals surface area contributed by atoms with E-state index in [1.54, 1.807) is 35.8 Å². The summed E-state index contributed by atoms with van der Waals surface area (Å²) in [6, 6.07) is 12.1. The Hall–Kier alpha value is -3.59. The van der Waals surface area contributed by atoms with E-state index in [1.165, 1.54) is 36.3 Å². The van der Waals surface area contributed by atoms with Gasteiger partial charge in [0.2, 0.25) is 0 Å². The first-order valence-electron chi connectivity index (χ1n) is 9.92. The van der Waals surface area contributed by atoms with Crippen LogP contribution in [0.1, 0.15) is 36.1 Å². The summed E-state index contributed by atoms with van der Waals surface area (Å²) < 4.78 is 6.71. The first kappa shape index (κ1) is 22.1. The lowest BCUT2D eigenvalue weighted by Crippen LogP contribution is -2.39. The van der Waals surface area contributed by atoms with Gasteiger partial charge in [0.1, 0.15) is 5.82 Å². The molecule has 1 heterocycles. The van der Waals surface area contributed by atoms with E-state index in [1.807, 2.05) is 6.92 Å².